The molecule has 1 aliphatic rings. The Kier molecular flexibility index (Phi) is 4.35. The molecular formula is C15H22ClN3. The lowest BCUT2D eigenvalue weighted by molar-refractivity contribution is 0.384. The summed E-state index contributed by atoms with van der Waals surface area (Å²) in [5.41, 5.74) is 7.11. The predicted molar refractivity (Wildman–Crippen MR) is 83.0 cm³/mol. The van der Waals surface area contributed by atoms with Crippen molar-refractivity contribution in [2.24, 2.45) is 10.7 Å². The Labute approximate surface area is 120 Å². The Morgan fingerprint density at radius 3 is 2.47 bits per heavy atom. The first-order valence-electron chi connectivity index (χ1n) is 6.99. The minimum Gasteiger partial charge on any atom is -0.369 e. The van der Waals surface area contributed by atoms with Crippen LogP contribution in [0.1, 0.15) is 39.5 Å². The van der Waals surface area contributed by atoms with Gasteiger partial charge < -0.3 is 10.6 Å². The molecule has 0 aliphatic carbocycles. The molecule has 2 N–H and O–H groups in total. The van der Waals surface area contributed by atoms with Gasteiger partial charge in [-0.15, -0.1) is 0 Å². The Morgan fingerprint density at radius 1 is 1.26 bits per heavy atom. The van der Waals surface area contributed by atoms with Crippen LogP contribution in [0.25, 0.3) is 0 Å². The quantitative estimate of drug-likeness (QED) is 0.890. The van der Waals surface area contributed by atoms with Crippen LogP contribution in [0.3, 0.4) is 0 Å². The molecule has 19 heavy (non-hydrogen) atoms. The second-order valence-electron chi connectivity index (χ2n) is 5.19. The normalized spacial score (nSPS) is 17.6. The molecule has 0 unspecified atom stereocenters. The molecule has 0 saturated heterocycles. The lowest BCUT2D eigenvalue weighted by Gasteiger charge is -2.39. The highest BCUT2D eigenvalue weighted by atomic mass is 35.5. The van der Waals surface area contributed by atoms with Gasteiger partial charge >= 0.3 is 0 Å². The van der Waals surface area contributed by atoms with Crippen molar-refractivity contribution in [2.45, 2.75) is 45.1 Å². The number of hydrogen-bond donors (Lipinski definition) is 1. The standard InChI is InChI=1S/C15H22ClN3/c1-3-9-15(10-4-2)11-18-14(17)19(15)13-8-6-5-7-12(13)16/h5-8H,3-4,9-11H2,1-2H3,(H2,17,18). The van der Waals surface area contributed by atoms with Crippen molar-refractivity contribution in [1.82, 2.24) is 0 Å². The number of rotatable bonds is 5. The van der Waals surface area contributed by atoms with Crippen molar-refractivity contribution in [3.8, 4) is 0 Å². The van der Waals surface area contributed by atoms with Gasteiger partial charge in [0.2, 0.25) is 0 Å². The molecule has 1 heterocycles. The van der Waals surface area contributed by atoms with Gasteiger partial charge in [0.25, 0.3) is 0 Å². The zero-order chi connectivity index (χ0) is 13.9. The molecule has 0 amide bonds. The predicted octanol–water partition coefficient (Wildman–Crippen LogP) is 3.81. The molecule has 0 radical (unpaired) electrons. The van der Waals surface area contributed by atoms with Crippen LogP contribution in [0.15, 0.2) is 29.3 Å². The van der Waals surface area contributed by atoms with Crippen LogP contribution < -0.4 is 10.6 Å². The number of hydrogen-bond acceptors (Lipinski definition) is 3. The monoisotopic (exact) mass is 279 g/mol. The summed E-state index contributed by atoms with van der Waals surface area (Å²) in [4.78, 5) is 6.64. The summed E-state index contributed by atoms with van der Waals surface area (Å²) in [7, 11) is 0. The maximum absolute atomic E-state index is 6.34. The van der Waals surface area contributed by atoms with E-state index in [2.05, 4.69) is 23.7 Å². The van der Waals surface area contributed by atoms with Crippen LogP contribution in [0.4, 0.5) is 5.69 Å². The molecule has 1 aromatic rings. The number of nitrogens with two attached hydrogens (primary N) is 1. The molecular weight excluding hydrogens is 258 g/mol. The zero-order valence-corrected chi connectivity index (χ0v) is 12.5. The molecule has 0 atom stereocenters. The molecule has 0 saturated carbocycles. The SMILES string of the molecule is CCCC1(CCC)CN=C(N)N1c1ccccc1Cl. The summed E-state index contributed by atoms with van der Waals surface area (Å²) < 4.78 is 0. The highest BCUT2D eigenvalue weighted by Gasteiger charge is 2.42. The molecule has 1 aliphatic heterocycles. The topological polar surface area (TPSA) is 41.6 Å². The van der Waals surface area contributed by atoms with Crippen molar-refractivity contribution >= 4 is 23.2 Å². The van der Waals surface area contributed by atoms with Gasteiger partial charge in [0, 0.05) is 0 Å². The van der Waals surface area contributed by atoms with Crippen LogP contribution in [0, 0.1) is 0 Å². The third-order valence-corrected chi connectivity index (χ3v) is 4.08. The van der Waals surface area contributed by atoms with Gasteiger partial charge in [-0.05, 0) is 25.0 Å². The number of anilines is 1. The minimum absolute atomic E-state index is 0.00141. The first-order chi connectivity index (χ1) is 9.14. The molecule has 0 fully saturated rings. The van der Waals surface area contributed by atoms with Gasteiger partial charge in [0.1, 0.15) is 0 Å². The molecule has 0 spiro atoms. The Morgan fingerprint density at radius 2 is 1.89 bits per heavy atom. The van der Waals surface area contributed by atoms with Crippen LogP contribution >= 0.6 is 11.6 Å². The number of guanidine groups is 1. The fourth-order valence-corrected chi connectivity index (χ4v) is 3.28. The van der Waals surface area contributed by atoms with Crippen LogP contribution in [0.2, 0.25) is 5.02 Å². The van der Waals surface area contributed by atoms with Gasteiger partial charge in [-0.1, -0.05) is 50.4 Å². The Hall–Kier alpha value is -1.22. The second kappa shape index (κ2) is 5.83. The van der Waals surface area contributed by atoms with Crippen molar-refractivity contribution in [3.63, 3.8) is 0 Å². The number of para-hydroxylation sites is 1. The molecule has 4 heteroatoms. The summed E-state index contributed by atoms with van der Waals surface area (Å²) in [5, 5.41) is 0.735. The van der Waals surface area contributed by atoms with Crippen LogP contribution in [-0.4, -0.2) is 18.0 Å². The first kappa shape index (κ1) is 14.2. The number of halogens is 1. The van der Waals surface area contributed by atoms with E-state index in [-0.39, 0.29) is 5.54 Å². The first-order valence-corrected chi connectivity index (χ1v) is 7.37. The fraction of sp³-hybridized carbons (Fsp3) is 0.533. The van der Waals surface area contributed by atoms with E-state index in [1.54, 1.807) is 0 Å². The van der Waals surface area contributed by atoms with E-state index in [1.165, 1.54) is 0 Å². The summed E-state index contributed by atoms with van der Waals surface area (Å²) >= 11 is 6.34. The third kappa shape index (κ3) is 2.57. The fourth-order valence-electron chi connectivity index (χ4n) is 3.06. The zero-order valence-electron chi connectivity index (χ0n) is 11.7. The van der Waals surface area contributed by atoms with E-state index in [0.717, 1.165) is 42.9 Å². The largest absolute Gasteiger partial charge is 0.369 e. The van der Waals surface area contributed by atoms with Crippen LogP contribution in [-0.2, 0) is 0 Å². The summed E-state index contributed by atoms with van der Waals surface area (Å²) in [6.07, 6.45) is 4.39. The highest BCUT2D eigenvalue weighted by Crippen LogP contribution is 2.38. The van der Waals surface area contributed by atoms with Crippen molar-refractivity contribution in [3.05, 3.63) is 29.3 Å². The van der Waals surface area contributed by atoms with Gasteiger partial charge in [-0.2, -0.15) is 0 Å². The maximum Gasteiger partial charge on any atom is 0.196 e. The minimum atomic E-state index is -0.00141. The maximum atomic E-state index is 6.34. The van der Waals surface area contributed by atoms with Gasteiger partial charge in [-0.25, -0.2) is 0 Å². The van der Waals surface area contributed by atoms with Gasteiger partial charge in [-0.3, -0.25) is 4.99 Å². The molecule has 2 rings (SSSR count). The van der Waals surface area contributed by atoms with Crippen LogP contribution in [0.5, 0.6) is 0 Å². The number of aliphatic imine (C=N–C) groups is 1. The third-order valence-electron chi connectivity index (χ3n) is 3.76. The highest BCUT2D eigenvalue weighted by molar-refractivity contribution is 6.34. The Balaban J connectivity index is 2.43. The summed E-state index contributed by atoms with van der Waals surface area (Å²) in [6, 6.07) is 7.87. The average molecular weight is 280 g/mol. The van der Waals surface area contributed by atoms with Gasteiger partial charge in [0.15, 0.2) is 5.96 Å². The Bertz CT molecular complexity index is 464. The second-order valence-corrected chi connectivity index (χ2v) is 5.59. The van der Waals surface area contributed by atoms with E-state index >= 15 is 0 Å². The molecule has 104 valence electrons. The summed E-state index contributed by atoms with van der Waals surface area (Å²) in [6.45, 7) is 5.18. The molecule has 0 aromatic heterocycles. The molecule has 1 aromatic carbocycles. The van der Waals surface area contributed by atoms with Crippen molar-refractivity contribution in [2.75, 3.05) is 11.4 Å². The smallest absolute Gasteiger partial charge is 0.196 e. The van der Waals surface area contributed by atoms with Gasteiger partial charge in [0.05, 0.1) is 22.8 Å². The van der Waals surface area contributed by atoms with E-state index < -0.39 is 0 Å². The van der Waals surface area contributed by atoms with Crippen molar-refractivity contribution in [1.29, 1.82) is 0 Å². The number of benzene rings is 1. The van der Waals surface area contributed by atoms with E-state index in [1.807, 2.05) is 24.3 Å². The summed E-state index contributed by atoms with van der Waals surface area (Å²) in [5.74, 6) is 0.593. The van der Waals surface area contributed by atoms with E-state index in [0.29, 0.717) is 5.96 Å². The lowest BCUT2D eigenvalue weighted by atomic mass is 9.87. The van der Waals surface area contributed by atoms with E-state index in [4.69, 9.17) is 17.3 Å². The molecule has 3 nitrogen and oxygen atoms in total. The van der Waals surface area contributed by atoms with E-state index in [9.17, 15) is 0 Å². The number of nitrogens with zero attached hydrogens (tertiary/aromatic N) is 2. The lowest BCUT2D eigenvalue weighted by Crippen LogP contribution is -2.52. The average Bonchev–Trinajstić information content (AvgIpc) is 2.69. The van der Waals surface area contributed by atoms with Crippen molar-refractivity contribution < 1.29 is 0 Å². The molecule has 0 bridgehead atoms.